The summed E-state index contributed by atoms with van der Waals surface area (Å²) in [7, 11) is 1.64. The zero-order valence-electron chi connectivity index (χ0n) is 9.51. The van der Waals surface area contributed by atoms with Crippen molar-refractivity contribution in [2.24, 2.45) is 5.73 Å². The summed E-state index contributed by atoms with van der Waals surface area (Å²) in [5, 5.41) is 7.74. The van der Waals surface area contributed by atoms with Gasteiger partial charge >= 0.3 is 0 Å². The molecular formula is C11H14N4OS. The van der Waals surface area contributed by atoms with Gasteiger partial charge in [0.2, 0.25) is 5.16 Å². The number of hydrogen-bond donors (Lipinski definition) is 2. The number of methoxy groups -OCH3 is 1. The second-order valence-corrected chi connectivity index (χ2v) is 4.39. The number of nitrogens with one attached hydrogen (secondary N) is 1. The van der Waals surface area contributed by atoms with Crippen molar-refractivity contribution in [3.63, 3.8) is 0 Å². The number of rotatable bonds is 5. The van der Waals surface area contributed by atoms with Crippen molar-refractivity contribution >= 4 is 11.8 Å². The molecule has 0 spiro atoms. The maximum absolute atomic E-state index is 5.43. The summed E-state index contributed by atoms with van der Waals surface area (Å²) in [5.41, 5.74) is 6.41. The lowest BCUT2D eigenvalue weighted by atomic mass is 10.2. The molecule has 90 valence electrons. The molecule has 0 bridgehead atoms. The summed E-state index contributed by atoms with van der Waals surface area (Å²) in [6.45, 7) is 0.622. The van der Waals surface area contributed by atoms with Crippen LogP contribution in [0.5, 0.6) is 5.75 Å². The third-order valence-corrected chi connectivity index (χ3v) is 3.06. The van der Waals surface area contributed by atoms with Crippen molar-refractivity contribution in [1.29, 1.82) is 0 Å². The van der Waals surface area contributed by atoms with E-state index in [1.807, 2.05) is 24.3 Å². The highest BCUT2D eigenvalue weighted by Crippen LogP contribution is 2.21. The van der Waals surface area contributed by atoms with Gasteiger partial charge in [-0.15, -0.1) is 5.10 Å². The molecule has 0 fully saturated rings. The lowest BCUT2D eigenvalue weighted by Crippen LogP contribution is -2.01. The van der Waals surface area contributed by atoms with Crippen LogP contribution in [0.25, 0.3) is 11.4 Å². The summed E-state index contributed by atoms with van der Waals surface area (Å²) < 4.78 is 5.10. The fourth-order valence-electron chi connectivity index (χ4n) is 1.34. The van der Waals surface area contributed by atoms with Gasteiger partial charge in [-0.3, -0.25) is 5.10 Å². The smallest absolute Gasteiger partial charge is 0.208 e. The molecule has 5 nitrogen and oxygen atoms in total. The number of benzene rings is 1. The standard InChI is InChI=1S/C11H14N4OS/c1-16-9-4-2-8(3-5-9)10-13-11(15-14-10)17-7-6-12/h2-5H,6-7,12H2,1H3,(H,13,14,15). The first-order valence-electron chi connectivity index (χ1n) is 5.23. The Hall–Kier alpha value is -1.53. The van der Waals surface area contributed by atoms with Gasteiger partial charge in [-0.05, 0) is 24.3 Å². The second-order valence-electron chi connectivity index (χ2n) is 3.33. The Balaban J connectivity index is 2.12. The minimum Gasteiger partial charge on any atom is -0.497 e. The Labute approximate surface area is 104 Å². The summed E-state index contributed by atoms with van der Waals surface area (Å²) in [6.07, 6.45) is 0. The van der Waals surface area contributed by atoms with E-state index < -0.39 is 0 Å². The predicted octanol–water partition coefficient (Wildman–Crippen LogP) is 1.53. The van der Waals surface area contributed by atoms with Crippen LogP contribution in [0.1, 0.15) is 0 Å². The van der Waals surface area contributed by atoms with E-state index in [1.165, 1.54) is 0 Å². The number of hydrogen-bond acceptors (Lipinski definition) is 5. The monoisotopic (exact) mass is 250 g/mol. The Morgan fingerprint density at radius 3 is 2.76 bits per heavy atom. The lowest BCUT2D eigenvalue weighted by Gasteiger charge is -1.99. The van der Waals surface area contributed by atoms with Gasteiger partial charge < -0.3 is 10.5 Å². The minimum atomic E-state index is 0.622. The first kappa shape index (κ1) is 11.9. The summed E-state index contributed by atoms with van der Waals surface area (Å²) in [5.74, 6) is 2.40. The summed E-state index contributed by atoms with van der Waals surface area (Å²) in [6, 6.07) is 7.67. The van der Waals surface area contributed by atoms with Crippen LogP contribution < -0.4 is 10.5 Å². The van der Waals surface area contributed by atoms with Crippen molar-refractivity contribution in [2.75, 3.05) is 19.4 Å². The maximum Gasteiger partial charge on any atom is 0.208 e. The molecule has 0 unspecified atom stereocenters. The molecule has 0 amide bonds. The van der Waals surface area contributed by atoms with Gasteiger partial charge in [0.1, 0.15) is 5.75 Å². The van der Waals surface area contributed by atoms with Gasteiger partial charge in [0.05, 0.1) is 7.11 Å². The molecule has 1 heterocycles. The Kier molecular flexibility index (Phi) is 4.00. The Bertz CT molecular complexity index is 469. The average Bonchev–Trinajstić information content (AvgIpc) is 2.85. The number of H-pyrrole nitrogens is 1. The van der Waals surface area contributed by atoms with Gasteiger partial charge in [-0.1, -0.05) is 11.8 Å². The van der Waals surface area contributed by atoms with E-state index in [0.717, 1.165) is 28.0 Å². The maximum atomic E-state index is 5.43. The molecule has 0 saturated heterocycles. The van der Waals surface area contributed by atoms with Crippen LogP contribution in [0.2, 0.25) is 0 Å². The fraction of sp³-hybridized carbons (Fsp3) is 0.273. The molecule has 0 radical (unpaired) electrons. The molecule has 0 aliphatic carbocycles. The van der Waals surface area contributed by atoms with E-state index in [2.05, 4.69) is 15.2 Å². The van der Waals surface area contributed by atoms with E-state index in [4.69, 9.17) is 10.5 Å². The first-order chi connectivity index (χ1) is 8.33. The highest BCUT2D eigenvalue weighted by atomic mass is 32.2. The van der Waals surface area contributed by atoms with E-state index in [0.29, 0.717) is 6.54 Å². The van der Waals surface area contributed by atoms with E-state index in [-0.39, 0.29) is 0 Å². The van der Waals surface area contributed by atoms with E-state index in [1.54, 1.807) is 18.9 Å². The number of ether oxygens (including phenoxy) is 1. The minimum absolute atomic E-state index is 0.622. The molecular weight excluding hydrogens is 236 g/mol. The number of aromatic amines is 1. The molecule has 0 atom stereocenters. The third-order valence-electron chi connectivity index (χ3n) is 2.18. The van der Waals surface area contributed by atoms with Crippen LogP contribution in [-0.4, -0.2) is 34.6 Å². The van der Waals surface area contributed by atoms with Gasteiger partial charge in [0.25, 0.3) is 0 Å². The zero-order valence-corrected chi connectivity index (χ0v) is 10.3. The first-order valence-corrected chi connectivity index (χ1v) is 6.21. The normalized spacial score (nSPS) is 10.5. The Morgan fingerprint density at radius 2 is 2.12 bits per heavy atom. The number of nitrogens with zero attached hydrogens (tertiary/aromatic N) is 2. The fourth-order valence-corrected chi connectivity index (χ4v) is 1.91. The second kappa shape index (κ2) is 5.70. The van der Waals surface area contributed by atoms with Crippen LogP contribution in [0.3, 0.4) is 0 Å². The van der Waals surface area contributed by atoms with Crippen LogP contribution in [0.4, 0.5) is 0 Å². The lowest BCUT2D eigenvalue weighted by molar-refractivity contribution is 0.415. The SMILES string of the molecule is COc1ccc(-c2nc(SCCN)n[nH]2)cc1. The highest BCUT2D eigenvalue weighted by Gasteiger charge is 2.05. The van der Waals surface area contributed by atoms with Crippen LogP contribution in [0, 0.1) is 0 Å². The molecule has 2 rings (SSSR count). The van der Waals surface area contributed by atoms with Crippen LogP contribution in [0.15, 0.2) is 29.4 Å². The van der Waals surface area contributed by atoms with Crippen molar-refractivity contribution in [2.45, 2.75) is 5.16 Å². The van der Waals surface area contributed by atoms with Gasteiger partial charge in [0, 0.05) is 17.9 Å². The van der Waals surface area contributed by atoms with Gasteiger partial charge in [-0.2, -0.15) is 0 Å². The number of aromatic nitrogens is 3. The van der Waals surface area contributed by atoms with Crippen molar-refractivity contribution < 1.29 is 4.74 Å². The van der Waals surface area contributed by atoms with E-state index >= 15 is 0 Å². The Morgan fingerprint density at radius 1 is 1.35 bits per heavy atom. The van der Waals surface area contributed by atoms with Crippen LogP contribution >= 0.6 is 11.8 Å². The number of thioether (sulfide) groups is 1. The molecule has 0 aliphatic rings. The molecule has 1 aromatic heterocycles. The largest absolute Gasteiger partial charge is 0.497 e. The molecule has 2 aromatic rings. The molecule has 0 saturated carbocycles. The molecule has 0 aliphatic heterocycles. The predicted molar refractivity (Wildman–Crippen MR) is 68.1 cm³/mol. The van der Waals surface area contributed by atoms with Crippen molar-refractivity contribution in [3.05, 3.63) is 24.3 Å². The summed E-state index contributed by atoms with van der Waals surface area (Å²) >= 11 is 1.54. The number of nitrogens with two attached hydrogens (primary N) is 1. The van der Waals surface area contributed by atoms with Gasteiger partial charge in [0.15, 0.2) is 5.82 Å². The quantitative estimate of drug-likeness (QED) is 0.787. The zero-order chi connectivity index (χ0) is 12.1. The summed E-state index contributed by atoms with van der Waals surface area (Å²) in [4.78, 5) is 4.37. The molecule has 3 N–H and O–H groups in total. The van der Waals surface area contributed by atoms with E-state index in [9.17, 15) is 0 Å². The average molecular weight is 250 g/mol. The third kappa shape index (κ3) is 2.98. The van der Waals surface area contributed by atoms with Crippen LogP contribution in [-0.2, 0) is 0 Å². The topological polar surface area (TPSA) is 76.8 Å². The van der Waals surface area contributed by atoms with Crippen molar-refractivity contribution in [3.8, 4) is 17.1 Å². The van der Waals surface area contributed by atoms with Gasteiger partial charge in [-0.25, -0.2) is 4.98 Å². The molecule has 6 heteroatoms. The highest BCUT2D eigenvalue weighted by molar-refractivity contribution is 7.99. The molecule has 17 heavy (non-hydrogen) atoms. The van der Waals surface area contributed by atoms with Crippen molar-refractivity contribution in [1.82, 2.24) is 15.2 Å². The molecule has 1 aromatic carbocycles.